The number of aliphatic carboxylic acids is 1. The van der Waals surface area contributed by atoms with Gasteiger partial charge in [0.2, 0.25) is 11.8 Å². The van der Waals surface area contributed by atoms with E-state index in [2.05, 4.69) is 32.9 Å². The Hall–Kier alpha value is -4.34. The standard InChI is InChI=1S/C25H29N7O4.C2HF3O2/c1-30-13-16(11-25(30)8-2-3-9-25)26-22(34)19-14-32(29-28-19)17-4-5-18-15(10-17)12-31(24(18)36)20-6-7-21(33)27-23(20)35;3-2(4,5)1(6)7/h4-5,10,14,16,20H,2-3,6-9,11-13H2,1H3,(H,26,34)(H,27,33,35);(H,6,7). The number of hydrogen-bond donors (Lipinski definition) is 3. The number of halogens is 3. The van der Waals surface area contributed by atoms with Crippen LogP contribution in [0.25, 0.3) is 5.69 Å². The average molecular weight is 606 g/mol. The highest BCUT2D eigenvalue weighted by molar-refractivity contribution is 6.05. The van der Waals surface area contributed by atoms with E-state index in [-0.39, 0.29) is 48.0 Å². The summed E-state index contributed by atoms with van der Waals surface area (Å²) in [7, 11) is 2.15. The van der Waals surface area contributed by atoms with Crippen molar-refractivity contribution >= 4 is 29.6 Å². The number of fused-ring (bicyclic) bond motifs is 1. The van der Waals surface area contributed by atoms with Crippen molar-refractivity contribution in [1.29, 1.82) is 0 Å². The van der Waals surface area contributed by atoms with Crippen LogP contribution >= 0.6 is 0 Å². The predicted octanol–water partition coefficient (Wildman–Crippen LogP) is 1.41. The average Bonchev–Trinajstić information content (AvgIpc) is 3.72. The zero-order valence-corrected chi connectivity index (χ0v) is 23.2. The number of carbonyl (C=O) groups is 5. The van der Waals surface area contributed by atoms with E-state index in [4.69, 9.17) is 9.90 Å². The molecule has 13 nitrogen and oxygen atoms in total. The topological polar surface area (TPSA) is 167 Å². The number of carboxylic acids is 1. The van der Waals surface area contributed by atoms with Crippen molar-refractivity contribution in [3.8, 4) is 5.69 Å². The Kier molecular flexibility index (Phi) is 7.98. The number of amides is 4. The predicted molar refractivity (Wildman–Crippen MR) is 141 cm³/mol. The van der Waals surface area contributed by atoms with Gasteiger partial charge in [-0.3, -0.25) is 29.4 Å². The number of imide groups is 1. The zero-order chi connectivity index (χ0) is 31.1. The molecule has 3 aliphatic heterocycles. The van der Waals surface area contributed by atoms with Gasteiger partial charge in [0, 0.05) is 36.7 Å². The summed E-state index contributed by atoms with van der Waals surface area (Å²) in [5.41, 5.74) is 2.42. The number of alkyl halides is 3. The van der Waals surface area contributed by atoms with Crippen LogP contribution in [0.2, 0.25) is 0 Å². The summed E-state index contributed by atoms with van der Waals surface area (Å²) >= 11 is 0. The summed E-state index contributed by atoms with van der Waals surface area (Å²) in [6.07, 6.45) is 2.87. The van der Waals surface area contributed by atoms with Crippen LogP contribution in [-0.4, -0.2) is 96.9 Å². The third-order valence-corrected chi connectivity index (χ3v) is 8.54. The number of hydrogen-bond acceptors (Lipinski definition) is 8. The molecule has 0 bridgehead atoms. The number of rotatable bonds is 4. The first-order valence-electron chi connectivity index (χ1n) is 13.8. The Labute approximate surface area is 243 Å². The lowest BCUT2D eigenvalue weighted by Gasteiger charge is -2.31. The SMILES string of the molecule is CN1CC(NC(=O)c2cn(-c3ccc4c(c3)CN(C3CCC(=O)NC3=O)C4=O)nn2)CC12CCCC2.O=C(O)C(F)(F)F. The van der Waals surface area contributed by atoms with Gasteiger partial charge in [0.15, 0.2) is 5.69 Å². The van der Waals surface area contributed by atoms with Crippen LogP contribution in [0.3, 0.4) is 0 Å². The van der Waals surface area contributed by atoms with Crippen LogP contribution in [0.4, 0.5) is 13.2 Å². The minimum atomic E-state index is -5.08. The number of piperidine rings is 1. The Morgan fingerprint density at radius 1 is 1.16 bits per heavy atom. The summed E-state index contributed by atoms with van der Waals surface area (Å²) < 4.78 is 33.3. The zero-order valence-electron chi connectivity index (χ0n) is 23.2. The smallest absolute Gasteiger partial charge is 0.475 e. The van der Waals surface area contributed by atoms with Crippen LogP contribution in [0.5, 0.6) is 0 Å². The number of carboxylic acid groups (broad SMARTS) is 1. The summed E-state index contributed by atoms with van der Waals surface area (Å²) in [6, 6.07) is 4.71. The molecule has 2 saturated heterocycles. The van der Waals surface area contributed by atoms with Gasteiger partial charge in [-0.05, 0) is 56.5 Å². The van der Waals surface area contributed by atoms with Crippen molar-refractivity contribution < 1.29 is 42.3 Å². The number of nitrogens with zero attached hydrogens (tertiary/aromatic N) is 5. The quantitative estimate of drug-likeness (QED) is 0.437. The van der Waals surface area contributed by atoms with Crippen molar-refractivity contribution in [2.45, 2.75) is 75.3 Å². The summed E-state index contributed by atoms with van der Waals surface area (Å²) in [5, 5.41) is 20.8. The molecule has 16 heteroatoms. The van der Waals surface area contributed by atoms with Gasteiger partial charge in [-0.2, -0.15) is 13.2 Å². The van der Waals surface area contributed by atoms with Crippen LogP contribution in [0.1, 0.15) is 71.4 Å². The molecule has 3 N–H and O–H groups in total. The van der Waals surface area contributed by atoms with E-state index in [9.17, 15) is 32.3 Å². The van der Waals surface area contributed by atoms with Crippen LogP contribution in [0.15, 0.2) is 24.4 Å². The molecule has 3 fully saturated rings. The van der Waals surface area contributed by atoms with Crippen molar-refractivity contribution in [1.82, 2.24) is 35.4 Å². The lowest BCUT2D eigenvalue weighted by molar-refractivity contribution is -0.192. The number of aromatic nitrogens is 3. The minimum Gasteiger partial charge on any atom is -0.475 e. The molecule has 2 unspecified atom stereocenters. The molecule has 1 aliphatic carbocycles. The lowest BCUT2D eigenvalue weighted by atomic mass is 9.93. The highest BCUT2D eigenvalue weighted by atomic mass is 19.4. The first-order chi connectivity index (χ1) is 20.3. The fourth-order valence-electron chi connectivity index (χ4n) is 6.38. The van der Waals surface area contributed by atoms with Gasteiger partial charge in [-0.1, -0.05) is 18.1 Å². The van der Waals surface area contributed by atoms with E-state index in [1.807, 2.05) is 6.07 Å². The minimum absolute atomic E-state index is 0.0926. The fraction of sp³-hybridized carbons (Fsp3) is 0.519. The van der Waals surface area contributed by atoms with Gasteiger partial charge in [0.1, 0.15) is 6.04 Å². The number of benzene rings is 1. The van der Waals surface area contributed by atoms with Crippen LogP contribution in [-0.2, 0) is 20.9 Å². The van der Waals surface area contributed by atoms with Gasteiger partial charge in [0.05, 0.1) is 11.9 Å². The Balaban J connectivity index is 0.000000472. The highest BCUT2D eigenvalue weighted by Crippen LogP contribution is 2.42. The maximum absolute atomic E-state index is 12.9. The second kappa shape index (κ2) is 11.4. The lowest BCUT2D eigenvalue weighted by Crippen LogP contribution is -2.52. The molecule has 1 saturated carbocycles. The summed E-state index contributed by atoms with van der Waals surface area (Å²) in [4.78, 5) is 62.4. The monoisotopic (exact) mass is 605 g/mol. The number of likely N-dealkylation sites (N-methyl/N-ethyl adjacent to an activating group) is 1. The number of nitrogens with one attached hydrogen (secondary N) is 2. The largest absolute Gasteiger partial charge is 0.490 e. The molecule has 43 heavy (non-hydrogen) atoms. The molecule has 6 rings (SSSR count). The van der Waals surface area contributed by atoms with Crippen LogP contribution < -0.4 is 10.6 Å². The van der Waals surface area contributed by atoms with E-state index in [1.165, 1.54) is 35.3 Å². The first kappa shape index (κ1) is 30.1. The van der Waals surface area contributed by atoms with E-state index >= 15 is 0 Å². The molecule has 2 atom stereocenters. The molecule has 4 heterocycles. The summed E-state index contributed by atoms with van der Waals surface area (Å²) in [5.74, 6) is -3.98. The third kappa shape index (κ3) is 6.09. The van der Waals surface area contributed by atoms with Crippen molar-refractivity contribution in [3.63, 3.8) is 0 Å². The molecule has 1 aromatic carbocycles. The highest BCUT2D eigenvalue weighted by Gasteiger charge is 2.45. The molecule has 1 aromatic heterocycles. The molecule has 4 amide bonds. The fourth-order valence-corrected chi connectivity index (χ4v) is 6.38. The molecule has 230 valence electrons. The van der Waals surface area contributed by atoms with Crippen molar-refractivity contribution in [2.75, 3.05) is 13.6 Å². The van der Waals surface area contributed by atoms with Gasteiger partial charge in [-0.15, -0.1) is 5.10 Å². The molecule has 2 aromatic rings. The summed E-state index contributed by atoms with van der Waals surface area (Å²) in [6.45, 7) is 1.11. The van der Waals surface area contributed by atoms with Gasteiger partial charge in [-0.25, -0.2) is 9.48 Å². The third-order valence-electron chi connectivity index (χ3n) is 8.54. The molecule has 0 radical (unpaired) electrons. The second-order valence-electron chi connectivity index (χ2n) is 11.3. The molecular formula is C27H30F3N7O6. The Bertz CT molecular complexity index is 1470. The molecule has 1 spiro atoms. The van der Waals surface area contributed by atoms with E-state index in [1.54, 1.807) is 18.3 Å². The van der Waals surface area contributed by atoms with Gasteiger partial charge in [0.25, 0.3) is 11.8 Å². The maximum Gasteiger partial charge on any atom is 0.490 e. The van der Waals surface area contributed by atoms with Crippen LogP contribution in [0, 0.1) is 0 Å². The van der Waals surface area contributed by atoms with Gasteiger partial charge >= 0.3 is 12.1 Å². The second-order valence-corrected chi connectivity index (χ2v) is 11.3. The maximum atomic E-state index is 12.9. The number of likely N-dealkylation sites (tertiary alicyclic amines) is 1. The number of carbonyl (C=O) groups excluding carboxylic acids is 4. The molecule has 4 aliphatic rings. The van der Waals surface area contributed by atoms with E-state index < -0.39 is 24.1 Å². The Morgan fingerprint density at radius 3 is 2.51 bits per heavy atom. The van der Waals surface area contributed by atoms with E-state index in [0.717, 1.165) is 18.5 Å². The van der Waals surface area contributed by atoms with E-state index in [0.29, 0.717) is 17.7 Å². The van der Waals surface area contributed by atoms with Crippen molar-refractivity contribution in [2.24, 2.45) is 0 Å². The van der Waals surface area contributed by atoms with Crippen molar-refractivity contribution in [3.05, 3.63) is 41.2 Å². The Morgan fingerprint density at radius 2 is 1.86 bits per heavy atom. The normalized spacial score (nSPS) is 23.2. The molecular weight excluding hydrogens is 575 g/mol. The van der Waals surface area contributed by atoms with Gasteiger partial charge < -0.3 is 15.3 Å². The first-order valence-corrected chi connectivity index (χ1v) is 13.8.